The van der Waals surface area contributed by atoms with Crippen LogP contribution in [0.3, 0.4) is 0 Å². The number of para-hydroxylation sites is 1. The minimum atomic E-state index is -1.00. The number of carbonyl (C=O) groups excluding carboxylic acids is 1. The van der Waals surface area contributed by atoms with Crippen LogP contribution in [-0.2, 0) is 9.59 Å². The maximum Gasteiger partial charge on any atom is 0.326 e. The first-order chi connectivity index (χ1) is 13.5. The molecular weight excluding hydrogens is 416 g/mol. The summed E-state index contributed by atoms with van der Waals surface area (Å²) in [5.74, 6) is -0.591. The smallest absolute Gasteiger partial charge is 0.326 e. The number of nitrogens with zero attached hydrogens (tertiary/aromatic N) is 1. The molecule has 0 radical (unpaired) electrons. The van der Waals surface area contributed by atoms with Gasteiger partial charge >= 0.3 is 5.97 Å². The van der Waals surface area contributed by atoms with E-state index in [4.69, 9.17) is 11.6 Å². The summed E-state index contributed by atoms with van der Waals surface area (Å²) >= 11 is 9.43. The molecule has 0 saturated carbocycles. The topological polar surface area (TPSA) is 69.6 Å². The van der Waals surface area contributed by atoms with Crippen molar-refractivity contribution < 1.29 is 14.7 Å². The first-order valence-corrected chi connectivity index (χ1v) is 11.4. The van der Waals surface area contributed by atoms with Crippen LogP contribution in [0, 0.1) is 0 Å². The number of nitrogens with one attached hydrogen (secondary N) is 1. The number of rotatable bonds is 8. The highest BCUT2D eigenvalue weighted by molar-refractivity contribution is 7.99. The summed E-state index contributed by atoms with van der Waals surface area (Å²) in [5.41, 5.74) is 1.98. The van der Waals surface area contributed by atoms with Gasteiger partial charge in [0.1, 0.15) is 6.04 Å². The summed E-state index contributed by atoms with van der Waals surface area (Å²) in [6.45, 7) is 0.436. The molecule has 28 heavy (non-hydrogen) atoms. The molecule has 1 aliphatic heterocycles. The Bertz CT molecular complexity index is 878. The molecule has 0 unspecified atom stereocenters. The van der Waals surface area contributed by atoms with Crippen molar-refractivity contribution in [3.63, 3.8) is 0 Å². The van der Waals surface area contributed by atoms with E-state index in [2.05, 4.69) is 10.2 Å². The maximum atomic E-state index is 12.4. The number of hydrogen-bond acceptors (Lipinski definition) is 5. The number of fused-ring (bicyclic) bond motifs is 2. The van der Waals surface area contributed by atoms with Crippen molar-refractivity contribution in [3.8, 4) is 0 Å². The fourth-order valence-electron chi connectivity index (χ4n) is 3.02. The van der Waals surface area contributed by atoms with Crippen LogP contribution in [0.5, 0.6) is 0 Å². The summed E-state index contributed by atoms with van der Waals surface area (Å²) in [4.78, 5) is 28.0. The molecule has 0 bridgehead atoms. The van der Waals surface area contributed by atoms with Crippen LogP contribution in [-0.4, -0.2) is 41.6 Å². The van der Waals surface area contributed by atoms with Crippen LogP contribution in [0.4, 0.5) is 11.4 Å². The number of hydrogen-bond donors (Lipinski definition) is 2. The fourth-order valence-corrected chi connectivity index (χ4v) is 4.73. The number of benzene rings is 2. The molecule has 5 nitrogen and oxygen atoms in total. The largest absolute Gasteiger partial charge is 0.480 e. The Balaban J connectivity index is 1.74. The number of anilines is 2. The molecule has 0 fully saturated rings. The first kappa shape index (κ1) is 20.9. The van der Waals surface area contributed by atoms with Crippen molar-refractivity contribution >= 4 is 58.4 Å². The van der Waals surface area contributed by atoms with Gasteiger partial charge in [0, 0.05) is 27.8 Å². The molecule has 148 valence electrons. The van der Waals surface area contributed by atoms with Crippen molar-refractivity contribution in [2.24, 2.45) is 0 Å². The van der Waals surface area contributed by atoms with Gasteiger partial charge in [-0.15, -0.1) is 0 Å². The third-order valence-electron chi connectivity index (χ3n) is 4.39. The highest BCUT2D eigenvalue weighted by Crippen LogP contribution is 2.48. The van der Waals surface area contributed by atoms with Crippen LogP contribution in [0.25, 0.3) is 0 Å². The van der Waals surface area contributed by atoms with Gasteiger partial charge in [0.2, 0.25) is 5.91 Å². The minimum Gasteiger partial charge on any atom is -0.480 e. The quantitative estimate of drug-likeness (QED) is 0.627. The number of halogens is 1. The van der Waals surface area contributed by atoms with Gasteiger partial charge in [-0.1, -0.05) is 35.5 Å². The Labute approximate surface area is 177 Å². The number of aliphatic carboxylic acids is 1. The number of thioether (sulfide) groups is 1. The fraction of sp³-hybridized carbons (Fsp3) is 0.300. The molecule has 2 N–H and O–H groups in total. The molecule has 0 spiro atoms. The second-order valence-electron chi connectivity index (χ2n) is 6.32. The van der Waals surface area contributed by atoms with Gasteiger partial charge in [0.05, 0.1) is 11.4 Å². The van der Waals surface area contributed by atoms with E-state index in [1.807, 2.05) is 48.7 Å². The Morgan fingerprint density at radius 2 is 1.96 bits per heavy atom. The number of carbonyl (C=O) groups is 2. The SMILES string of the molecule is CSCC[C@H](NC(=O)CCN1c2ccccc2Sc2ccc(Cl)cc21)C(=O)O. The molecule has 1 heterocycles. The van der Waals surface area contributed by atoms with Crippen LogP contribution >= 0.6 is 35.1 Å². The van der Waals surface area contributed by atoms with Gasteiger partial charge in [0.15, 0.2) is 0 Å². The molecule has 1 aliphatic rings. The lowest BCUT2D eigenvalue weighted by molar-refractivity contribution is -0.141. The van der Waals surface area contributed by atoms with E-state index in [-0.39, 0.29) is 12.3 Å². The molecule has 8 heteroatoms. The molecule has 0 aromatic heterocycles. The molecule has 2 aromatic carbocycles. The predicted molar refractivity (Wildman–Crippen MR) is 116 cm³/mol. The Morgan fingerprint density at radius 3 is 2.71 bits per heavy atom. The van der Waals surface area contributed by atoms with Crippen molar-refractivity contribution in [1.82, 2.24) is 5.32 Å². The van der Waals surface area contributed by atoms with Crippen molar-refractivity contribution in [2.75, 3.05) is 23.5 Å². The third-order valence-corrected chi connectivity index (χ3v) is 6.40. The van der Waals surface area contributed by atoms with E-state index >= 15 is 0 Å². The average Bonchev–Trinajstić information content (AvgIpc) is 2.68. The average molecular weight is 437 g/mol. The van der Waals surface area contributed by atoms with Gasteiger partial charge < -0.3 is 15.3 Å². The van der Waals surface area contributed by atoms with Gasteiger partial charge in [-0.05, 0) is 48.8 Å². The molecule has 0 saturated heterocycles. The zero-order valence-electron chi connectivity index (χ0n) is 15.4. The summed E-state index contributed by atoms with van der Waals surface area (Å²) in [6, 6.07) is 12.9. The molecular formula is C20H21ClN2O3S2. The number of carboxylic acids is 1. The third kappa shape index (κ3) is 4.96. The molecule has 2 aromatic rings. The van der Waals surface area contributed by atoms with E-state index in [1.165, 1.54) is 0 Å². The highest BCUT2D eigenvalue weighted by Gasteiger charge is 2.25. The van der Waals surface area contributed by atoms with Crippen LogP contribution in [0.1, 0.15) is 12.8 Å². The second-order valence-corrected chi connectivity index (χ2v) is 8.83. The number of carboxylic acid groups (broad SMARTS) is 1. The van der Waals surface area contributed by atoms with E-state index in [9.17, 15) is 14.7 Å². The molecule has 1 amide bonds. The standard InChI is InChI=1S/C20H21ClN2O3S2/c1-27-11-9-14(20(25)26)22-19(24)8-10-23-15-4-2-3-5-17(15)28-18-7-6-13(21)12-16(18)23/h2-7,12,14H,8-11H2,1H3,(H,22,24)(H,25,26)/t14-/m0/s1. The number of amides is 1. The summed E-state index contributed by atoms with van der Waals surface area (Å²) in [5, 5.41) is 12.6. The molecule has 0 aliphatic carbocycles. The van der Waals surface area contributed by atoms with Crippen molar-refractivity contribution in [2.45, 2.75) is 28.7 Å². The Kier molecular flexibility index (Phi) is 7.15. The van der Waals surface area contributed by atoms with Crippen LogP contribution in [0.15, 0.2) is 52.3 Å². The predicted octanol–water partition coefficient (Wildman–Crippen LogP) is 4.66. The second kappa shape index (κ2) is 9.58. The minimum absolute atomic E-state index is 0.188. The van der Waals surface area contributed by atoms with Gasteiger partial charge in [-0.3, -0.25) is 4.79 Å². The highest BCUT2D eigenvalue weighted by atomic mass is 35.5. The van der Waals surface area contributed by atoms with Gasteiger partial charge in [-0.25, -0.2) is 4.79 Å². The maximum absolute atomic E-state index is 12.4. The van der Waals surface area contributed by atoms with Gasteiger partial charge in [-0.2, -0.15) is 11.8 Å². The van der Waals surface area contributed by atoms with E-state index in [1.54, 1.807) is 23.5 Å². The van der Waals surface area contributed by atoms with E-state index in [0.29, 0.717) is 23.7 Å². The monoisotopic (exact) mass is 436 g/mol. The summed E-state index contributed by atoms with van der Waals surface area (Å²) < 4.78 is 0. The van der Waals surface area contributed by atoms with Crippen molar-refractivity contribution in [1.29, 1.82) is 0 Å². The normalized spacial score (nSPS) is 13.4. The van der Waals surface area contributed by atoms with Crippen LogP contribution in [0.2, 0.25) is 5.02 Å². The van der Waals surface area contributed by atoms with Crippen molar-refractivity contribution in [3.05, 3.63) is 47.5 Å². The zero-order chi connectivity index (χ0) is 20.1. The summed E-state index contributed by atoms with van der Waals surface area (Å²) in [6.07, 6.45) is 2.51. The van der Waals surface area contributed by atoms with Crippen LogP contribution < -0.4 is 10.2 Å². The lowest BCUT2D eigenvalue weighted by Gasteiger charge is -2.32. The zero-order valence-corrected chi connectivity index (χ0v) is 17.7. The lowest BCUT2D eigenvalue weighted by Crippen LogP contribution is -2.42. The Hall–Kier alpha value is -1.83. The first-order valence-electron chi connectivity index (χ1n) is 8.84. The van der Waals surface area contributed by atoms with Gasteiger partial charge in [0.25, 0.3) is 0 Å². The molecule has 1 atom stereocenters. The summed E-state index contributed by atoms with van der Waals surface area (Å²) in [7, 11) is 0. The van der Waals surface area contributed by atoms with E-state index in [0.717, 1.165) is 21.2 Å². The van der Waals surface area contributed by atoms with E-state index < -0.39 is 12.0 Å². The molecule has 3 rings (SSSR count). The lowest BCUT2D eigenvalue weighted by atomic mass is 10.2. The Morgan fingerprint density at radius 1 is 1.21 bits per heavy atom.